The van der Waals surface area contributed by atoms with Gasteiger partial charge in [0.25, 0.3) is 0 Å². The van der Waals surface area contributed by atoms with Crippen LogP contribution in [0.3, 0.4) is 0 Å². The zero-order valence-corrected chi connectivity index (χ0v) is 12.7. The van der Waals surface area contributed by atoms with Gasteiger partial charge >= 0.3 is 12.0 Å². The standard InChI is InChI=1S/C15H23N3O3/c1-11(2)14(19)21-10-12-4-6-13(7-5-12)18-15(20)17-9-8-16-3/h4-7,11,16H,8-10H2,1-3H3,(H2,17,18,20). The Morgan fingerprint density at radius 1 is 1.14 bits per heavy atom. The van der Waals surface area contributed by atoms with Crippen molar-refractivity contribution in [3.63, 3.8) is 0 Å². The average Bonchev–Trinajstić information content (AvgIpc) is 2.46. The molecule has 0 radical (unpaired) electrons. The molecule has 0 unspecified atom stereocenters. The largest absolute Gasteiger partial charge is 0.461 e. The van der Waals surface area contributed by atoms with Gasteiger partial charge in [-0.1, -0.05) is 26.0 Å². The lowest BCUT2D eigenvalue weighted by molar-refractivity contribution is -0.148. The van der Waals surface area contributed by atoms with Crippen LogP contribution in [0.4, 0.5) is 10.5 Å². The van der Waals surface area contributed by atoms with Gasteiger partial charge in [0.15, 0.2) is 0 Å². The number of hydrogen-bond acceptors (Lipinski definition) is 4. The monoisotopic (exact) mass is 293 g/mol. The fourth-order valence-corrected chi connectivity index (χ4v) is 1.48. The number of nitrogens with one attached hydrogen (secondary N) is 3. The van der Waals surface area contributed by atoms with Crippen LogP contribution >= 0.6 is 0 Å². The second-order valence-corrected chi connectivity index (χ2v) is 4.94. The fourth-order valence-electron chi connectivity index (χ4n) is 1.48. The lowest BCUT2D eigenvalue weighted by atomic mass is 10.2. The number of rotatable bonds is 7. The second kappa shape index (κ2) is 8.97. The fraction of sp³-hybridized carbons (Fsp3) is 0.467. The Hall–Kier alpha value is -2.08. The summed E-state index contributed by atoms with van der Waals surface area (Å²) in [6.07, 6.45) is 0. The molecule has 0 aliphatic heterocycles. The summed E-state index contributed by atoms with van der Waals surface area (Å²) in [5, 5.41) is 8.38. The third-order valence-corrected chi connectivity index (χ3v) is 2.72. The molecule has 1 aromatic carbocycles. The van der Waals surface area contributed by atoms with Crippen LogP contribution in [0.25, 0.3) is 0 Å². The van der Waals surface area contributed by atoms with Crippen LogP contribution < -0.4 is 16.0 Å². The van der Waals surface area contributed by atoms with Crippen molar-refractivity contribution in [3.05, 3.63) is 29.8 Å². The molecule has 3 N–H and O–H groups in total. The quantitative estimate of drug-likeness (QED) is 0.528. The lowest BCUT2D eigenvalue weighted by Crippen LogP contribution is -2.33. The smallest absolute Gasteiger partial charge is 0.319 e. The molecule has 0 bridgehead atoms. The Morgan fingerprint density at radius 3 is 2.38 bits per heavy atom. The number of anilines is 1. The number of ether oxygens (including phenoxy) is 1. The maximum absolute atomic E-state index is 11.5. The number of urea groups is 1. The molecule has 6 nitrogen and oxygen atoms in total. The van der Waals surface area contributed by atoms with Gasteiger partial charge in [-0.15, -0.1) is 0 Å². The van der Waals surface area contributed by atoms with Crippen LogP contribution in [0.15, 0.2) is 24.3 Å². The van der Waals surface area contributed by atoms with Crippen molar-refractivity contribution < 1.29 is 14.3 Å². The molecule has 116 valence electrons. The highest BCUT2D eigenvalue weighted by molar-refractivity contribution is 5.89. The number of benzene rings is 1. The van der Waals surface area contributed by atoms with Gasteiger partial charge in [0.2, 0.25) is 0 Å². The second-order valence-electron chi connectivity index (χ2n) is 4.94. The van der Waals surface area contributed by atoms with Crippen molar-refractivity contribution >= 4 is 17.7 Å². The molecule has 21 heavy (non-hydrogen) atoms. The summed E-state index contributed by atoms with van der Waals surface area (Å²) in [6, 6.07) is 6.93. The topological polar surface area (TPSA) is 79.5 Å². The Morgan fingerprint density at radius 2 is 1.81 bits per heavy atom. The summed E-state index contributed by atoms with van der Waals surface area (Å²) < 4.78 is 5.13. The van der Waals surface area contributed by atoms with E-state index in [4.69, 9.17) is 4.74 Å². The molecule has 2 amide bonds. The molecule has 0 saturated carbocycles. The minimum Gasteiger partial charge on any atom is -0.461 e. The SMILES string of the molecule is CNCCNC(=O)Nc1ccc(COC(=O)C(C)C)cc1. The van der Waals surface area contributed by atoms with Crippen LogP contribution in [-0.2, 0) is 16.1 Å². The highest BCUT2D eigenvalue weighted by atomic mass is 16.5. The first kappa shape index (κ1) is 17.0. The summed E-state index contributed by atoms with van der Waals surface area (Å²) in [5.41, 5.74) is 1.57. The van der Waals surface area contributed by atoms with Gasteiger partial charge in [-0.3, -0.25) is 4.79 Å². The van der Waals surface area contributed by atoms with Crippen molar-refractivity contribution in [2.24, 2.45) is 5.92 Å². The lowest BCUT2D eigenvalue weighted by Gasteiger charge is -2.09. The van der Waals surface area contributed by atoms with Gasteiger partial charge in [-0.2, -0.15) is 0 Å². The van der Waals surface area contributed by atoms with Gasteiger partial charge in [0.05, 0.1) is 5.92 Å². The molecule has 6 heteroatoms. The number of likely N-dealkylation sites (N-methyl/N-ethyl adjacent to an activating group) is 1. The number of amides is 2. The van der Waals surface area contributed by atoms with E-state index in [0.717, 1.165) is 5.56 Å². The van der Waals surface area contributed by atoms with E-state index in [2.05, 4.69) is 16.0 Å². The summed E-state index contributed by atoms with van der Waals surface area (Å²) in [5.74, 6) is -0.353. The maximum atomic E-state index is 11.5. The average molecular weight is 293 g/mol. The first-order valence-corrected chi connectivity index (χ1v) is 6.98. The molecule has 0 atom stereocenters. The predicted octanol–water partition coefficient (Wildman–Crippen LogP) is 1.73. The molecular formula is C15H23N3O3. The minimum atomic E-state index is -0.246. The first-order valence-electron chi connectivity index (χ1n) is 6.98. The van der Waals surface area contributed by atoms with Gasteiger partial charge in [-0.25, -0.2) is 4.79 Å². The van der Waals surface area contributed by atoms with Gasteiger partial charge in [-0.05, 0) is 24.7 Å². The number of carbonyl (C=O) groups excluding carboxylic acids is 2. The van der Waals surface area contributed by atoms with Crippen molar-refractivity contribution in [3.8, 4) is 0 Å². The highest BCUT2D eigenvalue weighted by Gasteiger charge is 2.08. The molecule has 0 aliphatic carbocycles. The Labute approximate surface area is 125 Å². The summed E-state index contributed by atoms with van der Waals surface area (Å²) in [4.78, 5) is 22.9. The van der Waals surface area contributed by atoms with E-state index in [0.29, 0.717) is 18.8 Å². The summed E-state index contributed by atoms with van der Waals surface area (Å²) in [7, 11) is 1.82. The molecule has 0 saturated heterocycles. The predicted molar refractivity (Wildman–Crippen MR) is 82.0 cm³/mol. The van der Waals surface area contributed by atoms with Crippen LogP contribution in [0.5, 0.6) is 0 Å². The molecule has 0 aromatic heterocycles. The Balaban J connectivity index is 2.39. The van der Waals surface area contributed by atoms with Crippen molar-refractivity contribution in [2.45, 2.75) is 20.5 Å². The van der Waals surface area contributed by atoms with Crippen LogP contribution in [0.2, 0.25) is 0 Å². The van der Waals surface area contributed by atoms with Crippen LogP contribution in [0.1, 0.15) is 19.4 Å². The van der Waals surface area contributed by atoms with Crippen molar-refractivity contribution in [1.82, 2.24) is 10.6 Å². The van der Waals surface area contributed by atoms with Gasteiger partial charge in [0, 0.05) is 18.8 Å². The zero-order chi connectivity index (χ0) is 15.7. The van der Waals surface area contributed by atoms with Crippen molar-refractivity contribution in [1.29, 1.82) is 0 Å². The van der Waals surface area contributed by atoms with Crippen molar-refractivity contribution in [2.75, 3.05) is 25.5 Å². The van der Waals surface area contributed by atoms with Crippen LogP contribution in [0, 0.1) is 5.92 Å². The summed E-state index contributed by atoms with van der Waals surface area (Å²) >= 11 is 0. The number of hydrogen-bond donors (Lipinski definition) is 3. The third-order valence-electron chi connectivity index (χ3n) is 2.72. The van der Waals surface area contributed by atoms with Gasteiger partial charge in [0.1, 0.15) is 6.61 Å². The highest BCUT2D eigenvalue weighted by Crippen LogP contribution is 2.11. The van der Waals surface area contributed by atoms with E-state index in [1.54, 1.807) is 26.0 Å². The Bertz CT molecular complexity index is 458. The van der Waals surface area contributed by atoms with E-state index in [1.807, 2.05) is 19.2 Å². The number of esters is 1. The summed E-state index contributed by atoms with van der Waals surface area (Å²) in [6.45, 7) is 5.11. The Kier molecular flexibility index (Phi) is 7.25. The minimum absolute atomic E-state index is 0.132. The first-order chi connectivity index (χ1) is 10.0. The van der Waals surface area contributed by atoms with Gasteiger partial charge < -0.3 is 20.7 Å². The molecule has 1 aromatic rings. The molecule has 0 fully saturated rings. The normalized spacial score (nSPS) is 10.3. The molecule has 0 heterocycles. The molecular weight excluding hydrogens is 270 g/mol. The molecule has 0 spiro atoms. The van der Waals surface area contributed by atoms with E-state index < -0.39 is 0 Å². The molecule has 1 rings (SSSR count). The maximum Gasteiger partial charge on any atom is 0.319 e. The van der Waals surface area contributed by atoms with E-state index in [1.165, 1.54) is 0 Å². The third kappa shape index (κ3) is 6.76. The van der Waals surface area contributed by atoms with E-state index in [-0.39, 0.29) is 24.5 Å². The molecule has 0 aliphatic rings. The van der Waals surface area contributed by atoms with E-state index >= 15 is 0 Å². The van der Waals surface area contributed by atoms with E-state index in [9.17, 15) is 9.59 Å². The van der Waals surface area contributed by atoms with Crippen LogP contribution in [-0.4, -0.2) is 32.1 Å². The number of carbonyl (C=O) groups is 2. The zero-order valence-electron chi connectivity index (χ0n) is 12.7.